The summed E-state index contributed by atoms with van der Waals surface area (Å²) in [4.78, 5) is 2.47. The van der Waals surface area contributed by atoms with Gasteiger partial charge in [0.1, 0.15) is 12.4 Å². The number of rotatable bonds is 9. The maximum absolute atomic E-state index is 10.4. The molecule has 0 aromatic heterocycles. The number of benzene rings is 2. The third kappa shape index (κ3) is 5.39. The lowest BCUT2D eigenvalue weighted by Gasteiger charge is -2.35. The highest BCUT2D eigenvalue weighted by Gasteiger charge is 2.34. The van der Waals surface area contributed by atoms with Crippen molar-refractivity contribution < 1.29 is 14.6 Å². The predicted molar refractivity (Wildman–Crippen MR) is 139 cm³/mol. The second-order valence-corrected chi connectivity index (χ2v) is 9.23. The Labute approximate surface area is 204 Å². The van der Waals surface area contributed by atoms with Crippen LogP contribution in [0.5, 0.6) is 17.2 Å². The zero-order chi connectivity index (χ0) is 23.9. The van der Waals surface area contributed by atoms with E-state index in [0.29, 0.717) is 5.75 Å². The molecule has 1 saturated heterocycles. The highest BCUT2D eigenvalue weighted by atomic mass is 16.5. The molecule has 180 valence electrons. The molecule has 34 heavy (non-hydrogen) atoms. The van der Waals surface area contributed by atoms with Crippen LogP contribution in [-0.4, -0.2) is 43.4 Å². The van der Waals surface area contributed by atoms with Gasteiger partial charge < -0.3 is 14.6 Å². The monoisotopic (exact) mass is 459 g/mol. The van der Waals surface area contributed by atoms with Crippen LogP contribution < -0.4 is 9.47 Å². The van der Waals surface area contributed by atoms with Gasteiger partial charge in [-0.1, -0.05) is 54.7 Å². The molecular formula is C30H37NO3. The number of phenolic OH excluding ortho intramolecular Hbond substituents is 1. The Kier molecular flexibility index (Phi) is 8.12. The summed E-state index contributed by atoms with van der Waals surface area (Å²) in [6.45, 7) is 10.5. The van der Waals surface area contributed by atoms with E-state index in [1.54, 1.807) is 13.2 Å². The van der Waals surface area contributed by atoms with Crippen molar-refractivity contribution >= 4 is 0 Å². The quantitative estimate of drug-likeness (QED) is 0.450. The minimum Gasteiger partial charge on any atom is -0.504 e. The summed E-state index contributed by atoms with van der Waals surface area (Å²) in [5, 5.41) is 10.4. The highest BCUT2D eigenvalue weighted by Crippen LogP contribution is 2.48. The van der Waals surface area contributed by atoms with E-state index in [9.17, 15) is 5.11 Å². The fourth-order valence-electron chi connectivity index (χ4n) is 5.39. The second kappa shape index (κ2) is 11.4. The zero-order valence-corrected chi connectivity index (χ0v) is 20.5. The SMILES string of the molecule is C=C(/C=C\C=C/C)[C@H]1CCc2c(ccc(O)c2OC)[C@H]1c1ccc(OCCN2CCCC2)cc1. The number of fused-ring (bicyclic) bond motifs is 1. The first-order valence-electron chi connectivity index (χ1n) is 12.4. The first-order valence-corrected chi connectivity index (χ1v) is 12.4. The van der Waals surface area contributed by atoms with Crippen molar-refractivity contribution in [3.63, 3.8) is 0 Å². The summed E-state index contributed by atoms with van der Waals surface area (Å²) in [6, 6.07) is 12.3. The number of likely N-dealkylation sites (tertiary alicyclic amines) is 1. The molecule has 0 bridgehead atoms. The van der Waals surface area contributed by atoms with Crippen LogP contribution in [0.1, 0.15) is 48.8 Å². The van der Waals surface area contributed by atoms with Crippen molar-refractivity contribution in [2.45, 2.75) is 38.5 Å². The molecule has 2 aromatic rings. The number of aromatic hydroxyl groups is 1. The lowest BCUT2D eigenvalue weighted by atomic mass is 9.69. The van der Waals surface area contributed by atoms with Crippen molar-refractivity contribution in [1.29, 1.82) is 0 Å². The van der Waals surface area contributed by atoms with E-state index >= 15 is 0 Å². The average molecular weight is 460 g/mol. The van der Waals surface area contributed by atoms with Crippen molar-refractivity contribution in [1.82, 2.24) is 4.90 Å². The summed E-state index contributed by atoms with van der Waals surface area (Å²) < 4.78 is 11.6. The van der Waals surface area contributed by atoms with E-state index in [1.807, 2.05) is 25.1 Å². The van der Waals surface area contributed by atoms with Gasteiger partial charge >= 0.3 is 0 Å². The van der Waals surface area contributed by atoms with Crippen LogP contribution in [0.15, 0.2) is 72.9 Å². The van der Waals surface area contributed by atoms with Gasteiger partial charge in [0.25, 0.3) is 0 Å². The lowest BCUT2D eigenvalue weighted by Crippen LogP contribution is -2.25. The Balaban J connectivity index is 1.59. The Morgan fingerprint density at radius 1 is 1.12 bits per heavy atom. The largest absolute Gasteiger partial charge is 0.504 e. The number of hydrogen-bond acceptors (Lipinski definition) is 4. The molecule has 1 aliphatic carbocycles. The second-order valence-electron chi connectivity index (χ2n) is 9.23. The first kappa shape index (κ1) is 24.2. The molecule has 4 heteroatoms. The average Bonchev–Trinajstić information content (AvgIpc) is 3.37. The molecule has 0 unspecified atom stereocenters. The zero-order valence-electron chi connectivity index (χ0n) is 20.5. The minimum atomic E-state index is 0.139. The third-order valence-electron chi connectivity index (χ3n) is 7.13. The molecule has 0 saturated carbocycles. The van der Waals surface area contributed by atoms with E-state index < -0.39 is 0 Å². The van der Waals surface area contributed by atoms with E-state index in [1.165, 1.54) is 37.1 Å². The number of phenols is 1. The Hall–Kier alpha value is -2.98. The Morgan fingerprint density at radius 3 is 2.59 bits per heavy atom. The van der Waals surface area contributed by atoms with Gasteiger partial charge in [-0.3, -0.25) is 4.90 Å². The van der Waals surface area contributed by atoms with Gasteiger partial charge in [-0.05, 0) is 80.9 Å². The fraction of sp³-hybridized carbons (Fsp3) is 0.400. The standard InChI is InChI=1S/C30H37NO3/c1-4-5-6-9-22(2)25-14-15-27-26(16-17-28(32)30(27)33-3)29(25)23-10-12-24(13-11-23)34-21-20-31-18-7-8-19-31/h4-6,9-13,16-17,25,29,32H,2,7-8,14-15,18-21H2,1,3H3/b5-4-,9-6-/t25-,29+/m1/s1. The van der Waals surface area contributed by atoms with Crippen LogP contribution in [-0.2, 0) is 6.42 Å². The molecule has 0 radical (unpaired) electrons. The van der Waals surface area contributed by atoms with Crippen molar-refractivity contribution in [3.05, 3.63) is 89.5 Å². The summed E-state index contributed by atoms with van der Waals surface area (Å²) in [7, 11) is 1.63. The molecule has 1 fully saturated rings. The summed E-state index contributed by atoms with van der Waals surface area (Å²) in [5.74, 6) is 2.11. The van der Waals surface area contributed by atoms with Crippen molar-refractivity contribution in [3.8, 4) is 17.2 Å². The molecule has 1 heterocycles. The van der Waals surface area contributed by atoms with Crippen LogP contribution in [0.4, 0.5) is 0 Å². The molecular weight excluding hydrogens is 422 g/mol. The Morgan fingerprint density at radius 2 is 1.88 bits per heavy atom. The van der Waals surface area contributed by atoms with Crippen molar-refractivity contribution in [2.75, 3.05) is 33.4 Å². The molecule has 4 rings (SSSR count). The molecule has 2 atom stereocenters. The number of ether oxygens (including phenoxy) is 2. The molecule has 0 spiro atoms. The predicted octanol–water partition coefficient (Wildman–Crippen LogP) is 6.26. The molecule has 2 aromatic carbocycles. The number of hydrogen-bond donors (Lipinski definition) is 1. The van der Waals surface area contributed by atoms with Gasteiger partial charge in [0.15, 0.2) is 11.5 Å². The number of methoxy groups -OCH3 is 1. The number of allylic oxidation sites excluding steroid dienone is 5. The Bertz CT molecular complexity index is 1030. The smallest absolute Gasteiger partial charge is 0.163 e. The van der Waals surface area contributed by atoms with Crippen molar-refractivity contribution in [2.24, 2.45) is 5.92 Å². The third-order valence-corrected chi connectivity index (χ3v) is 7.13. The summed E-state index contributed by atoms with van der Waals surface area (Å²) in [6.07, 6.45) is 12.6. The maximum atomic E-state index is 10.4. The normalized spacial score (nSPS) is 20.6. The minimum absolute atomic E-state index is 0.139. The molecule has 2 aliphatic rings. The van der Waals surface area contributed by atoms with Gasteiger partial charge in [-0.25, -0.2) is 0 Å². The van der Waals surface area contributed by atoms with Crippen LogP contribution >= 0.6 is 0 Å². The molecule has 0 amide bonds. The van der Waals surface area contributed by atoms with Crippen LogP contribution in [0.3, 0.4) is 0 Å². The maximum Gasteiger partial charge on any atom is 0.163 e. The number of nitrogens with zero attached hydrogens (tertiary/aromatic N) is 1. The van der Waals surface area contributed by atoms with Gasteiger partial charge in [-0.2, -0.15) is 0 Å². The summed E-state index contributed by atoms with van der Waals surface area (Å²) in [5.41, 5.74) is 4.65. The van der Waals surface area contributed by atoms with E-state index in [0.717, 1.165) is 42.9 Å². The van der Waals surface area contributed by atoms with Gasteiger partial charge in [0.2, 0.25) is 0 Å². The van der Waals surface area contributed by atoms with E-state index in [4.69, 9.17) is 9.47 Å². The van der Waals surface area contributed by atoms with Gasteiger partial charge in [-0.15, -0.1) is 0 Å². The van der Waals surface area contributed by atoms with Gasteiger partial charge in [0.05, 0.1) is 7.11 Å². The lowest BCUT2D eigenvalue weighted by molar-refractivity contribution is 0.237. The van der Waals surface area contributed by atoms with E-state index in [-0.39, 0.29) is 17.6 Å². The molecule has 4 nitrogen and oxygen atoms in total. The van der Waals surface area contributed by atoms with Gasteiger partial charge in [0, 0.05) is 18.0 Å². The summed E-state index contributed by atoms with van der Waals surface area (Å²) >= 11 is 0. The topological polar surface area (TPSA) is 41.9 Å². The van der Waals surface area contributed by atoms with Crippen LogP contribution in [0.2, 0.25) is 0 Å². The molecule has 1 aliphatic heterocycles. The highest BCUT2D eigenvalue weighted by molar-refractivity contribution is 5.55. The first-order chi connectivity index (χ1) is 16.6. The molecule has 1 N–H and O–H groups in total. The van der Waals surface area contributed by atoms with Crippen LogP contribution in [0, 0.1) is 5.92 Å². The van der Waals surface area contributed by atoms with Crippen LogP contribution in [0.25, 0.3) is 0 Å². The fourth-order valence-corrected chi connectivity index (χ4v) is 5.39. The van der Waals surface area contributed by atoms with E-state index in [2.05, 4.69) is 47.9 Å².